The smallest absolute Gasteiger partial charge is 0.548 e. The van der Waals surface area contributed by atoms with Gasteiger partial charge < -0.3 is 15.2 Å². The molecule has 0 aliphatic rings. The van der Waals surface area contributed by atoms with Crippen LogP contribution in [0.15, 0.2) is 0 Å². The molecule has 4 nitrogen and oxygen atoms in total. The number of Topliss-reactive ketones (excluding diaryl/α,β-unsaturated/α-hetero) is 1. The van der Waals surface area contributed by atoms with E-state index < -0.39 is 12.0 Å². The Morgan fingerprint density at radius 1 is 0.952 bits per heavy atom. The predicted octanol–water partition coefficient (Wildman–Crippen LogP) is -0.792. The molecule has 0 rings (SSSR count). The number of hydrogen-bond donors (Lipinski definition) is 1. The van der Waals surface area contributed by atoms with E-state index in [2.05, 4.69) is 12.2 Å². The maximum absolute atomic E-state index is 11.5. The monoisotopic (exact) mass is 307 g/mol. The van der Waals surface area contributed by atoms with Crippen LogP contribution in [0.5, 0.6) is 0 Å². The van der Waals surface area contributed by atoms with Crippen molar-refractivity contribution in [3.05, 3.63) is 0 Å². The Kier molecular flexibility index (Phi) is 18.3. The molecule has 0 amide bonds. The molecule has 0 radical (unpaired) electrons. The summed E-state index contributed by atoms with van der Waals surface area (Å²) in [5.74, 6) is -1.08. The van der Waals surface area contributed by atoms with Crippen LogP contribution in [0.1, 0.15) is 78.1 Å². The molecule has 1 N–H and O–H groups in total. The standard InChI is InChI=1S/C16H31NO3.Na/c1-3-4-5-6-7-8-9-10-11-12-15(18)13-17-14(2)16(19)20;/h14,17H,3-13H2,1-2H3,(H,19,20);/q;+1/p-1/t14-;/m0./s1. The second kappa shape index (κ2) is 16.5. The zero-order valence-corrected chi connectivity index (χ0v) is 16.1. The van der Waals surface area contributed by atoms with Crippen molar-refractivity contribution in [1.29, 1.82) is 0 Å². The fourth-order valence-electron chi connectivity index (χ4n) is 2.07. The molecule has 118 valence electrons. The summed E-state index contributed by atoms with van der Waals surface area (Å²) in [6, 6.07) is -0.762. The van der Waals surface area contributed by atoms with Crippen LogP contribution in [0.25, 0.3) is 0 Å². The summed E-state index contributed by atoms with van der Waals surface area (Å²) in [4.78, 5) is 22.0. The first-order valence-electron chi connectivity index (χ1n) is 8.03. The van der Waals surface area contributed by atoms with E-state index in [9.17, 15) is 14.7 Å². The number of rotatable bonds is 14. The number of hydrogen-bond acceptors (Lipinski definition) is 4. The minimum atomic E-state index is -1.17. The SMILES string of the molecule is CCCCCCCCCCCC(=O)CN[C@@H](C)C(=O)[O-].[Na+]. The van der Waals surface area contributed by atoms with E-state index in [1.165, 1.54) is 51.9 Å². The van der Waals surface area contributed by atoms with Crippen LogP contribution in [0.2, 0.25) is 0 Å². The van der Waals surface area contributed by atoms with Gasteiger partial charge in [-0.2, -0.15) is 0 Å². The van der Waals surface area contributed by atoms with E-state index in [1.807, 2.05) is 0 Å². The second-order valence-electron chi connectivity index (χ2n) is 5.54. The third-order valence-corrected chi connectivity index (χ3v) is 3.52. The molecule has 0 aromatic carbocycles. The number of unbranched alkanes of at least 4 members (excludes halogenated alkanes) is 8. The van der Waals surface area contributed by atoms with Gasteiger partial charge in [-0.05, 0) is 13.3 Å². The first kappa shape index (κ1) is 23.4. The Labute approximate surface area is 151 Å². The molecule has 0 unspecified atom stereocenters. The summed E-state index contributed by atoms with van der Waals surface area (Å²) >= 11 is 0. The molecule has 0 aromatic rings. The third-order valence-electron chi connectivity index (χ3n) is 3.52. The molecular formula is C16H30NNaO3. The van der Waals surface area contributed by atoms with Crippen molar-refractivity contribution in [2.24, 2.45) is 0 Å². The molecule has 0 saturated heterocycles. The van der Waals surface area contributed by atoms with E-state index >= 15 is 0 Å². The summed E-state index contributed by atoms with van der Waals surface area (Å²) in [6.07, 6.45) is 11.6. The van der Waals surface area contributed by atoms with E-state index in [1.54, 1.807) is 0 Å². The Balaban J connectivity index is 0. The number of carboxylic acids is 1. The fraction of sp³-hybridized carbons (Fsp3) is 0.875. The number of carbonyl (C=O) groups excluding carboxylic acids is 2. The molecule has 0 fully saturated rings. The van der Waals surface area contributed by atoms with E-state index in [0.29, 0.717) is 6.42 Å². The third kappa shape index (κ3) is 16.3. The van der Waals surface area contributed by atoms with Crippen LogP contribution in [-0.2, 0) is 9.59 Å². The van der Waals surface area contributed by atoms with Crippen molar-refractivity contribution in [1.82, 2.24) is 5.32 Å². The van der Waals surface area contributed by atoms with Gasteiger partial charge in [-0.3, -0.25) is 4.79 Å². The molecule has 0 spiro atoms. The van der Waals surface area contributed by atoms with Crippen LogP contribution >= 0.6 is 0 Å². The van der Waals surface area contributed by atoms with Crippen LogP contribution < -0.4 is 40.0 Å². The van der Waals surface area contributed by atoms with E-state index in [0.717, 1.165) is 12.8 Å². The van der Waals surface area contributed by atoms with E-state index in [-0.39, 0.29) is 41.9 Å². The first-order valence-corrected chi connectivity index (χ1v) is 8.03. The first-order chi connectivity index (χ1) is 9.57. The molecular weight excluding hydrogens is 277 g/mol. The largest absolute Gasteiger partial charge is 1.00 e. The molecule has 0 saturated carbocycles. The Hall–Kier alpha value is 0.100. The molecule has 5 heteroatoms. The van der Waals surface area contributed by atoms with Gasteiger partial charge in [-0.1, -0.05) is 58.3 Å². The Bertz CT molecular complexity index is 272. The number of carbonyl (C=O) groups is 2. The van der Waals surface area contributed by atoms with Gasteiger partial charge >= 0.3 is 29.6 Å². The number of nitrogens with one attached hydrogen (secondary N) is 1. The van der Waals surface area contributed by atoms with E-state index in [4.69, 9.17) is 0 Å². The maximum Gasteiger partial charge on any atom is 1.00 e. The van der Waals surface area contributed by atoms with Gasteiger partial charge in [0.1, 0.15) is 5.78 Å². The molecule has 1 atom stereocenters. The number of aliphatic carboxylic acids is 1. The van der Waals surface area contributed by atoms with Gasteiger partial charge in [0.15, 0.2) is 0 Å². The molecule has 0 aliphatic carbocycles. The predicted molar refractivity (Wildman–Crippen MR) is 79.3 cm³/mol. The summed E-state index contributed by atoms with van der Waals surface area (Å²) in [7, 11) is 0. The van der Waals surface area contributed by atoms with Crippen LogP contribution in [0.4, 0.5) is 0 Å². The average Bonchev–Trinajstić information content (AvgIpc) is 2.42. The van der Waals surface area contributed by atoms with Gasteiger partial charge in [-0.15, -0.1) is 0 Å². The summed E-state index contributed by atoms with van der Waals surface area (Å²) < 4.78 is 0. The minimum absolute atomic E-state index is 0. The molecule has 0 bridgehead atoms. The van der Waals surface area contributed by atoms with Gasteiger partial charge in [-0.25, -0.2) is 0 Å². The fourth-order valence-corrected chi connectivity index (χ4v) is 2.07. The van der Waals surface area contributed by atoms with Gasteiger partial charge in [0.25, 0.3) is 0 Å². The van der Waals surface area contributed by atoms with Crippen LogP contribution in [-0.4, -0.2) is 24.3 Å². The quantitative estimate of drug-likeness (QED) is 0.337. The van der Waals surface area contributed by atoms with Crippen molar-refractivity contribution in [3.8, 4) is 0 Å². The second-order valence-corrected chi connectivity index (χ2v) is 5.54. The normalized spacial score (nSPS) is 11.7. The van der Waals surface area contributed by atoms with Crippen LogP contribution in [0, 0.1) is 0 Å². The van der Waals surface area contributed by atoms with Gasteiger partial charge in [0, 0.05) is 12.5 Å². The molecule has 0 aromatic heterocycles. The molecule has 21 heavy (non-hydrogen) atoms. The Morgan fingerprint density at radius 2 is 1.43 bits per heavy atom. The molecule has 0 heterocycles. The van der Waals surface area contributed by atoms with Crippen molar-refractivity contribution < 1.29 is 44.3 Å². The number of carboxylic acid groups (broad SMARTS) is 1. The zero-order valence-electron chi connectivity index (χ0n) is 14.1. The summed E-state index contributed by atoms with van der Waals surface area (Å²) in [6.45, 7) is 3.84. The van der Waals surface area contributed by atoms with Crippen molar-refractivity contribution in [3.63, 3.8) is 0 Å². The molecule has 0 aliphatic heterocycles. The van der Waals surface area contributed by atoms with Gasteiger partial charge in [0.05, 0.1) is 12.5 Å². The Morgan fingerprint density at radius 3 is 1.90 bits per heavy atom. The topological polar surface area (TPSA) is 69.2 Å². The average molecular weight is 307 g/mol. The zero-order chi connectivity index (χ0) is 15.2. The number of ketones is 1. The van der Waals surface area contributed by atoms with Crippen LogP contribution in [0.3, 0.4) is 0 Å². The van der Waals surface area contributed by atoms with Gasteiger partial charge in [0.2, 0.25) is 0 Å². The minimum Gasteiger partial charge on any atom is -0.548 e. The van der Waals surface area contributed by atoms with Crippen molar-refractivity contribution >= 4 is 11.8 Å². The maximum atomic E-state index is 11.5. The summed E-state index contributed by atoms with van der Waals surface area (Å²) in [5, 5.41) is 13.1. The van der Waals surface area contributed by atoms with Crippen molar-refractivity contribution in [2.45, 2.75) is 84.1 Å². The van der Waals surface area contributed by atoms with Crippen molar-refractivity contribution in [2.75, 3.05) is 6.54 Å². The summed E-state index contributed by atoms with van der Waals surface area (Å²) in [5.41, 5.74) is 0.